The van der Waals surface area contributed by atoms with Crippen LogP contribution < -0.4 is 10.1 Å². The summed E-state index contributed by atoms with van der Waals surface area (Å²) in [5, 5.41) is 13.3. The molecule has 0 aromatic heterocycles. The number of hydrogen-bond acceptors (Lipinski definition) is 4. The highest BCUT2D eigenvalue weighted by molar-refractivity contribution is 9.10. The molecule has 0 spiro atoms. The zero-order chi connectivity index (χ0) is 15.4. The highest BCUT2D eigenvalue weighted by Crippen LogP contribution is 2.24. The smallest absolute Gasteiger partial charge is 0.271 e. The van der Waals surface area contributed by atoms with Crippen LogP contribution in [0.2, 0.25) is 0 Å². The third-order valence-corrected chi connectivity index (χ3v) is 3.21. The third kappa shape index (κ3) is 3.57. The van der Waals surface area contributed by atoms with Crippen LogP contribution in [0.1, 0.15) is 10.4 Å². The van der Waals surface area contributed by atoms with Crippen molar-refractivity contribution >= 4 is 33.2 Å². The molecular weight excluding hydrogens is 340 g/mol. The minimum atomic E-state index is -0.519. The molecule has 0 aliphatic rings. The van der Waals surface area contributed by atoms with E-state index in [1.807, 2.05) is 0 Å². The minimum Gasteiger partial charge on any atom is -0.496 e. The number of methoxy groups -OCH3 is 1. The maximum absolute atomic E-state index is 12.2. The molecule has 6 nitrogen and oxygen atoms in total. The van der Waals surface area contributed by atoms with Crippen molar-refractivity contribution < 1.29 is 14.5 Å². The van der Waals surface area contributed by atoms with E-state index in [9.17, 15) is 14.9 Å². The van der Waals surface area contributed by atoms with E-state index < -0.39 is 10.8 Å². The van der Waals surface area contributed by atoms with E-state index in [1.165, 1.54) is 25.3 Å². The Morgan fingerprint density at radius 3 is 2.71 bits per heavy atom. The van der Waals surface area contributed by atoms with E-state index in [2.05, 4.69) is 21.2 Å². The fraction of sp³-hybridized carbons (Fsp3) is 0.0714. The molecule has 7 heteroatoms. The fourth-order valence-corrected chi connectivity index (χ4v) is 2.11. The number of nitrogens with zero attached hydrogens (tertiary/aromatic N) is 1. The number of nitro benzene ring substituents is 1. The van der Waals surface area contributed by atoms with Gasteiger partial charge in [-0.3, -0.25) is 14.9 Å². The van der Waals surface area contributed by atoms with E-state index in [4.69, 9.17) is 4.74 Å². The first-order valence-corrected chi connectivity index (χ1v) is 6.70. The number of non-ortho nitro benzene ring substituents is 1. The summed E-state index contributed by atoms with van der Waals surface area (Å²) < 4.78 is 5.86. The first-order chi connectivity index (χ1) is 10.0. The summed E-state index contributed by atoms with van der Waals surface area (Å²) in [4.78, 5) is 22.4. The molecule has 0 saturated heterocycles. The maximum Gasteiger partial charge on any atom is 0.271 e. The van der Waals surface area contributed by atoms with Crippen molar-refractivity contribution in [2.24, 2.45) is 0 Å². The van der Waals surface area contributed by atoms with Gasteiger partial charge in [0, 0.05) is 22.3 Å². The molecular formula is C14H11BrN2O4. The highest BCUT2D eigenvalue weighted by atomic mass is 79.9. The van der Waals surface area contributed by atoms with Gasteiger partial charge in [-0.25, -0.2) is 0 Å². The molecule has 0 bridgehead atoms. The Labute approximate surface area is 129 Å². The van der Waals surface area contributed by atoms with Gasteiger partial charge in [0.05, 0.1) is 17.6 Å². The van der Waals surface area contributed by atoms with Crippen LogP contribution in [0, 0.1) is 10.1 Å². The maximum atomic E-state index is 12.2. The van der Waals surface area contributed by atoms with Gasteiger partial charge in [-0.05, 0) is 24.3 Å². The summed E-state index contributed by atoms with van der Waals surface area (Å²) in [6.45, 7) is 0. The molecule has 108 valence electrons. The molecule has 0 atom stereocenters. The number of amides is 1. The average molecular weight is 351 g/mol. The number of rotatable bonds is 4. The lowest BCUT2D eigenvalue weighted by Crippen LogP contribution is -2.13. The third-order valence-electron chi connectivity index (χ3n) is 2.72. The Morgan fingerprint density at radius 2 is 2.05 bits per heavy atom. The lowest BCUT2D eigenvalue weighted by atomic mass is 10.2. The second-order valence-corrected chi connectivity index (χ2v) is 5.02. The van der Waals surface area contributed by atoms with Crippen LogP contribution in [0.5, 0.6) is 5.75 Å². The van der Waals surface area contributed by atoms with Crippen molar-refractivity contribution in [1.82, 2.24) is 0 Å². The zero-order valence-corrected chi connectivity index (χ0v) is 12.6. The van der Waals surface area contributed by atoms with Gasteiger partial charge in [-0.2, -0.15) is 0 Å². The van der Waals surface area contributed by atoms with Crippen LogP contribution in [-0.2, 0) is 0 Å². The van der Waals surface area contributed by atoms with Crippen molar-refractivity contribution in [3.8, 4) is 5.75 Å². The normalized spacial score (nSPS) is 10.0. The number of carbonyl (C=O) groups is 1. The predicted molar refractivity (Wildman–Crippen MR) is 81.7 cm³/mol. The minimum absolute atomic E-state index is 0.0889. The van der Waals surface area contributed by atoms with E-state index in [0.717, 1.165) is 4.47 Å². The summed E-state index contributed by atoms with van der Waals surface area (Å²) in [5.41, 5.74) is 0.587. The van der Waals surface area contributed by atoms with Crippen molar-refractivity contribution in [3.63, 3.8) is 0 Å². The summed E-state index contributed by atoms with van der Waals surface area (Å²) in [6.07, 6.45) is 0. The summed E-state index contributed by atoms with van der Waals surface area (Å²) in [6, 6.07) is 10.8. The molecule has 0 aliphatic carbocycles. The van der Waals surface area contributed by atoms with Gasteiger partial charge < -0.3 is 10.1 Å². The lowest BCUT2D eigenvalue weighted by molar-refractivity contribution is -0.384. The molecule has 1 amide bonds. The van der Waals surface area contributed by atoms with Gasteiger partial charge >= 0.3 is 0 Å². The summed E-state index contributed by atoms with van der Waals surface area (Å²) in [7, 11) is 1.47. The monoisotopic (exact) mass is 350 g/mol. The van der Waals surface area contributed by atoms with Gasteiger partial charge in [0.15, 0.2) is 0 Å². The van der Waals surface area contributed by atoms with Crippen LogP contribution in [0.3, 0.4) is 0 Å². The summed E-state index contributed by atoms with van der Waals surface area (Å²) in [5.74, 6) is 0.00905. The quantitative estimate of drug-likeness (QED) is 0.674. The molecule has 0 radical (unpaired) electrons. The summed E-state index contributed by atoms with van der Waals surface area (Å²) >= 11 is 3.29. The molecule has 2 aromatic carbocycles. The predicted octanol–water partition coefficient (Wildman–Crippen LogP) is 3.62. The number of hydrogen-bond donors (Lipinski definition) is 1. The van der Waals surface area contributed by atoms with Gasteiger partial charge in [0.25, 0.3) is 11.6 Å². The number of carbonyl (C=O) groups excluding carboxylic acids is 1. The second kappa shape index (κ2) is 6.36. The van der Waals surface area contributed by atoms with E-state index in [0.29, 0.717) is 17.0 Å². The van der Waals surface area contributed by atoms with Crippen LogP contribution in [0.15, 0.2) is 46.9 Å². The molecule has 2 rings (SSSR count). The highest BCUT2D eigenvalue weighted by Gasteiger charge is 2.14. The topological polar surface area (TPSA) is 81.5 Å². The number of halogens is 1. The Morgan fingerprint density at radius 1 is 1.29 bits per heavy atom. The number of benzene rings is 2. The Kier molecular flexibility index (Phi) is 4.54. The van der Waals surface area contributed by atoms with E-state index >= 15 is 0 Å². The molecule has 21 heavy (non-hydrogen) atoms. The second-order valence-electron chi connectivity index (χ2n) is 4.11. The number of ether oxygens (including phenoxy) is 1. The van der Waals surface area contributed by atoms with Crippen LogP contribution >= 0.6 is 15.9 Å². The van der Waals surface area contributed by atoms with Crippen LogP contribution in [-0.4, -0.2) is 17.9 Å². The van der Waals surface area contributed by atoms with Crippen LogP contribution in [0.25, 0.3) is 0 Å². The molecule has 0 saturated carbocycles. The first kappa shape index (κ1) is 15.0. The number of nitro groups is 1. The average Bonchev–Trinajstić information content (AvgIpc) is 2.47. The Bertz CT molecular complexity index is 703. The van der Waals surface area contributed by atoms with E-state index in [-0.39, 0.29) is 5.69 Å². The molecule has 0 heterocycles. The standard InChI is InChI=1S/C14H11BrN2O4/c1-21-13-6-5-9(15)7-12(13)14(18)16-10-3-2-4-11(8-10)17(19)20/h2-8H,1H3,(H,16,18). The van der Waals surface area contributed by atoms with Gasteiger partial charge in [-0.1, -0.05) is 22.0 Å². The van der Waals surface area contributed by atoms with Crippen molar-refractivity contribution in [3.05, 3.63) is 62.6 Å². The zero-order valence-electron chi connectivity index (χ0n) is 11.0. The Hall–Kier alpha value is -2.41. The van der Waals surface area contributed by atoms with Gasteiger partial charge in [0.2, 0.25) is 0 Å². The molecule has 0 fully saturated rings. The molecule has 0 unspecified atom stereocenters. The van der Waals surface area contributed by atoms with Crippen LogP contribution in [0.4, 0.5) is 11.4 Å². The SMILES string of the molecule is COc1ccc(Br)cc1C(=O)Nc1cccc([N+](=O)[O-])c1. The first-order valence-electron chi connectivity index (χ1n) is 5.90. The fourth-order valence-electron chi connectivity index (χ4n) is 1.75. The number of nitrogens with one attached hydrogen (secondary N) is 1. The van der Waals surface area contributed by atoms with Crippen molar-refractivity contribution in [2.45, 2.75) is 0 Å². The van der Waals surface area contributed by atoms with E-state index in [1.54, 1.807) is 24.3 Å². The molecule has 1 N–H and O–H groups in total. The van der Waals surface area contributed by atoms with Crippen molar-refractivity contribution in [2.75, 3.05) is 12.4 Å². The largest absolute Gasteiger partial charge is 0.496 e. The van der Waals surface area contributed by atoms with Crippen molar-refractivity contribution in [1.29, 1.82) is 0 Å². The lowest BCUT2D eigenvalue weighted by Gasteiger charge is -2.09. The molecule has 0 aliphatic heterocycles. The number of anilines is 1. The van der Waals surface area contributed by atoms with Gasteiger partial charge in [0.1, 0.15) is 5.75 Å². The molecule has 2 aromatic rings. The Balaban J connectivity index is 2.28. The van der Waals surface area contributed by atoms with Gasteiger partial charge in [-0.15, -0.1) is 0 Å².